The highest BCUT2D eigenvalue weighted by molar-refractivity contribution is 5.66. The molecule has 1 aromatic carbocycles. The molecule has 0 aromatic heterocycles. The zero-order valence-corrected chi connectivity index (χ0v) is 12.0. The maximum absolute atomic E-state index is 5.44. The molecule has 2 heteroatoms. The summed E-state index contributed by atoms with van der Waals surface area (Å²) in [5.41, 5.74) is 2.70. The van der Waals surface area contributed by atoms with E-state index in [-0.39, 0.29) is 0 Å². The van der Waals surface area contributed by atoms with E-state index in [1.54, 1.807) is 7.11 Å². The standard InChI is InChI=1S/C17H25NO/c1-19-16-9-5-8-15-14(12-18-17(15)16)11-10-13-6-3-2-4-7-13/h5,8-9,13-14,18H,2-4,6-7,10-12H2,1H3. The molecule has 1 aromatic rings. The zero-order chi connectivity index (χ0) is 13.1. The van der Waals surface area contributed by atoms with Gasteiger partial charge in [0.2, 0.25) is 0 Å². The van der Waals surface area contributed by atoms with Gasteiger partial charge in [-0.05, 0) is 30.4 Å². The van der Waals surface area contributed by atoms with Crippen molar-refractivity contribution in [3.05, 3.63) is 23.8 Å². The van der Waals surface area contributed by atoms with E-state index in [2.05, 4.69) is 23.5 Å². The number of anilines is 1. The van der Waals surface area contributed by atoms with Crippen LogP contribution in [-0.4, -0.2) is 13.7 Å². The van der Waals surface area contributed by atoms with Gasteiger partial charge in [-0.1, -0.05) is 44.2 Å². The van der Waals surface area contributed by atoms with E-state index in [1.807, 2.05) is 0 Å². The fourth-order valence-corrected chi connectivity index (χ4v) is 3.75. The van der Waals surface area contributed by atoms with E-state index in [1.165, 1.54) is 56.2 Å². The van der Waals surface area contributed by atoms with E-state index in [9.17, 15) is 0 Å². The summed E-state index contributed by atoms with van der Waals surface area (Å²) in [6, 6.07) is 6.44. The molecular weight excluding hydrogens is 234 g/mol. The van der Waals surface area contributed by atoms with Crippen LogP contribution in [0.25, 0.3) is 0 Å². The summed E-state index contributed by atoms with van der Waals surface area (Å²) in [5.74, 6) is 2.67. The van der Waals surface area contributed by atoms with E-state index in [0.29, 0.717) is 5.92 Å². The van der Waals surface area contributed by atoms with Gasteiger partial charge >= 0.3 is 0 Å². The van der Waals surface area contributed by atoms with Crippen LogP contribution in [0, 0.1) is 5.92 Å². The van der Waals surface area contributed by atoms with E-state index < -0.39 is 0 Å². The SMILES string of the molecule is COc1cccc2c1NCC2CCC1CCCCC1. The lowest BCUT2D eigenvalue weighted by Gasteiger charge is -2.22. The predicted molar refractivity (Wildman–Crippen MR) is 80.0 cm³/mol. The second-order valence-corrected chi connectivity index (χ2v) is 6.08. The number of nitrogens with one attached hydrogen (secondary N) is 1. The Balaban J connectivity index is 1.62. The van der Waals surface area contributed by atoms with Crippen molar-refractivity contribution in [2.45, 2.75) is 50.9 Å². The van der Waals surface area contributed by atoms with Gasteiger partial charge in [-0.25, -0.2) is 0 Å². The lowest BCUT2D eigenvalue weighted by Crippen LogP contribution is -2.09. The van der Waals surface area contributed by atoms with Crippen molar-refractivity contribution >= 4 is 5.69 Å². The Morgan fingerprint density at radius 2 is 2.00 bits per heavy atom. The first kappa shape index (κ1) is 12.8. The molecule has 1 aliphatic heterocycles. The Morgan fingerprint density at radius 1 is 1.16 bits per heavy atom. The molecule has 3 rings (SSSR count). The molecular formula is C17H25NO. The highest BCUT2D eigenvalue weighted by Crippen LogP contribution is 2.41. The van der Waals surface area contributed by atoms with Crippen LogP contribution in [0.4, 0.5) is 5.69 Å². The summed E-state index contributed by atoms with van der Waals surface area (Å²) in [6.07, 6.45) is 10.0. The molecule has 0 bridgehead atoms. The number of ether oxygens (including phenoxy) is 1. The van der Waals surface area contributed by atoms with Gasteiger partial charge in [0, 0.05) is 12.5 Å². The van der Waals surface area contributed by atoms with Crippen LogP contribution in [0.3, 0.4) is 0 Å². The average molecular weight is 259 g/mol. The van der Waals surface area contributed by atoms with Gasteiger partial charge in [-0.2, -0.15) is 0 Å². The van der Waals surface area contributed by atoms with Crippen LogP contribution in [0.1, 0.15) is 56.4 Å². The minimum Gasteiger partial charge on any atom is -0.495 e. The third-order valence-electron chi connectivity index (χ3n) is 4.89. The lowest BCUT2D eigenvalue weighted by molar-refractivity contribution is 0.325. The van der Waals surface area contributed by atoms with Crippen molar-refractivity contribution in [1.82, 2.24) is 0 Å². The van der Waals surface area contributed by atoms with Crippen LogP contribution in [0.5, 0.6) is 5.75 Å². The first-order valence-corrected chi connectivity index (χ1v) is 7.79. The molecule has 1 atom stereocenters. The van der Waals surface area contributed by atoms with Crippen molar-refractivity contribution in [2.24, 2.45) is 5.92 Å². The molecule has 0 amide bonds. The smallest absolute Gasteiger partial charge is 0.142 e. The third-order valence-corrected chi connectivity index (χ3v) is 4.89. The van der Waals surface area contributed by atoms with E-state index in [4.69, 9.17) is 4.74 Å². The Bertz CT molecular complexity index is 423. The molecule has 19 heavy (non-hydrogen) atoms. The number of benzene rings is 1. The van der Waals surface area contributed by atoms with Gasteiger partial charge < -0.3 is 10.1 Å². The summed E-state index contributed by atoms with van der Waals surface area (Å²) in [6.45, 7) is 1.09. The number of para-hydroxylation sites is 1. The molecule has 0 spiro atoms. The average Bonchev–Trinajstić information content (AvgIpc) is 2.89. The minimum atomic E-state index is 0.687. The van der Waals surface area contributed by atoms with Gasteiger partial charge in [0.05, 0.1) is 12.8 Å². The molecule has 104 valence electrons. The Kier molecular flexibility index (Phi) is 3.95. The first-order chi connectivity index (χ1) is 9.38. The Labute approximate surface area is 116 Å². The second kappa shape index (κ2) is 5.85. The highest BCUT2D eigenvalue weighted by atomic mass is 16.5. The van der Waals surface area contributed by atoms with E-state index >= 15 is 0 Å². The predicted octanol–water partition coefficient (Wildman–Crippen LogP) is 4.56. The van der Waals surface area contributed by atoms with Crippen molar-refractivity contribution in [3.8, 4) is 5.75 Å². The first-order valence-electron chi connectivity index (χ1n) is 7.79. The quantitative estimate of drug-likeness (QED) is 0.855. The fourth-order valence-electron chi connectivity index (χ4n) is 3.75. The van der Waals surface area contributed by atoms with Gasteiger partial charge in [-0.3, -0.25) is 0 Å². The van der Waals surface area contributed by atoms with Crippen LogP contribution in [-0.2, 0) is 0 Å². The normalized spacial score (nSPS) is 22.9. The Morgan fingerprint density at radius 3 is 2.79 bits per heavy atom. The second-order valence-electron chi connectivity index (χ2n) is 6.08. The molecule has 0 radical (unpaired) electrons. The van der Waals surface area contributed by atoms with Crippen LogP contribution in [0.2, 0.25) is 0 Å². The molecule has 1 saturated carbocycles. The molecule has 1 aliphatic carbocycles. The number of hydrogen-bond donors (Lipinski definition) is 1. The highest BCUT2D eigenvalue weighted by Gasteiger charge is 2.25. The van der Waals surface area contributed by atoms with Crippen LogP contribution in [0.15, 0.2) is 18.2 Å². The zero-order valence-electron chi connectivity index (χ0n) is 12.0. The van der Waals surface area contributed by atoms with Gasteiger partial charge in [0.1, 0.15) is 5.75 Å². The van der Waals surface area contributed by atoms with E-state index in [0.717, 1.165) is 18.2 Å². The fraction of sp³-hybridized carbons (Fsp3) is 0.647. The minimum absolute atomic E-state index is 0.687. The third kappa shape index (κ3) is 2.72. The van der Waals surface area contributed by atoms with Crippen molar-refractivity contribution < 1.29 is 4.74 Å². The van der Waals surface area contributed by atoms with Crippen molar-refractivity contribution in [2.75, 3.05) is 19.0 Å². The molecule has 1 N–H and O–H groups in total. The van der Waals surface area contributed by atoms with Gasteiger partial charge in [-0.15, -0.1) is 0 Å². The summed E-state index contributed by atoms with van der Waals surface area (Å²) >= 11 is 0. The molecule has 1 fully saturated rings. The topological polar surface area (TPSA) is 21.3 Å². The van der Waals surface area contributed by atoms with Crippen LogP contribution < -0.4 is 10.1 Å². The molecule has 2 nitrogen and oxygen atoms in total. The molecule has 0 saturated heterocycles. The van der Waals surface area contributed by atoms with Gasteiger partial charge in [0.25, 0.3) is 0 Å². The maximum Gasteiger partial charge on any atom is 0.142 e. The van der Waals surface area contributed by atoms with Gasteiger partial charge in [0.15, 0.2) is 0 Å². The summed E-state index contributed by atoms with van der Waals surface area (Å²) in [4.78, 5) is 0. The summed E-state index contributed by atoms with van der Waals surface area (Å²) in [7, 11) is 1.76. The number of methoxy groups -OCH3 is 1. The monoisotopic (exact) mass is 259 g/mol. The molecule has 1 heterocycles. The van der Waals surface area contributed by atoms with Crippen molar-refractivity contribution in [1.29, 1.82) is 0 Å². The molecule has 1 unspecified atom stereocenters. The Hall–Kier alpha value is -1.18. The van der Waals surface area contributed by atoms with Crippen molar-refractivity contribution in [3.63, 3.8) is 0 Å². The summed E-state index contributed by atoms with van der Waals surface area (Å²) in [5, 5.41) is 3.53. The summed E-state index contributed by atoms with van der Waals surface area (Å²) < 4.78 is 5.44. The number of fused-ring (bicyclic) bond motifs is 1. The number of hydrogen-bond acceptors (Lipinski definition) is 2. The van der Waals surface area contributed by atoms with Crippen LogP contribution >= 0.6 is 0 Å². The number of rotatable bonds is 4. The largest absolute Gasteiger partial charge is 0.495 e. The maximum atomic E-state index is 5.44. The lowest BCUT2D eigenvalue weighted by atomic mass is 9.83. The molecule has 2 aliphatic rings.